The van der Waals surface area contributed by atoms with E-state index in [4.69, 9.17) is 0 Å². The largest absolute Gasteiger partial charge is 0.350 e. The van der Waals surface area contributed by atoms with E-state index >= 15 is 0 Å². The van der Waals surface area contributed by atoms with E-state index in [9.17, 15) is 19.2 Å². The van der Waals surface area contributed by atoms with Crippen LogP contribution in [0.3, 0.4) is 0 Å². The molecule has 0 spiro atoms. The number of aryl methyl sites for hydroxylation is 2. The highest BCUT2D eigenvalue weighted by molar-refractivity contribution is 5.94. The number of amides is 1. The first kappa shape index (κ1) is 21.3. The summed E-state index contributed by atoms with van der Waals surface area (Å²) in [6.45, 7) is 3.47. The number of rotatable bonds is 10. The summed E-state index contributed by atoms with van der Waals surface area (Å²) >= 11 is 0. The Morgan fingerprint density at radius 3 is 2.43 bits per heavy atom. The van der Waals surface area contributed by atoms with Gasteiger partial charge in [0, 0.05) is 52.3 Å². The first-order valence-corrected chi connectivity index (χ1v) is 9.21. The number of imidazole rings is 1. The SMILES string of the molecule is CCC(=O)c1nc(CC(=O)CCNC(=O)c2cc(CC(C)=O)cn2C)cn1C. The number of nitrogens with zero attached hydrogens (tertiary/aromatic N) is 3. The van der Waals surface area contributed by atoms with E-state index in [0.717, 1.165) is 5.56 Å². The van der Waals surface area contributed by atoms with Crippen LogP contribution in [0.2, 0.25) is 0 Å². The van der Waals surface area contributed by atoms with Crippen LogP contribution in [0.15, 0.2) is 18.5 Å². The molecule has 1 N–H and O–H groups in total. The fourth-order valence-corrected chi connectivity index (χ4v) is 2.97. The van der Waals surface area contributed by atoms with Gasteiger partial charge in [0.2, 0.25) is 0 Å². The maximum absolute atomic E-state index is 12.3. The molecule has 8 nitrogen and oxygen atoms in total. The van der Waals surface area contributed by atoms with E-state index in [1.807, 2.05) is 0 Å². The summed E-state index contributed by atoms with van der Waals surface area (Å²) in [5.41, 5.74) is 1.77. The average Bonchev–Trinajstić information content (AvgIpc) is 3.15. The smallest absolute Gasteiger partial charge is 0.267 e. The van der Waals surface area contributed by atoms with E-state index < -0.39 is 0 Å². The van der Waals surface area contributed by atoms with Gasteiger partial charge >= 0.3 is 0 Å². The van der Waals surface area contributed by atoms with Crippen molar-refractivity contribution in [2.75, 3.05) is 6.54 Å². The van der Waals surface area contributed by atoms with Crippen molar-refractivity contribution in [1.82, 2.24) is 19.4 Å². The minimum absolute atomic E-state index is 0.0291. The Morgan fingerprint density at radius 1 is 1.07 bits per heavy atom. The second-order valence-corrected chi connectivity index (χ2v) is 6.89. The quantitative estimate of drug-likeness (QED) is 0.622. The Morgan fingerprint density at radius 2 is 1.79 bits per heavy atom. The van der Waals surface area contributed by atoms with Gasteiger partial charge in [0.15, 0.2) is 11.6 Å². The van der Waals surface area contributed by atoms with Crippen LogP contribution in [0, 0.1) is 0 Å². The Balaban J connectivity index is 1.85. The van der Waals surface area contributed by atoms with Gasteiger partial charge in [-0.25, -0.2) is 4.98 Å². The Hall–Kier alpha value is -3.03. The highest BCUT2D eigenvalue weighted by atomic mass is 16.2. The highest BCUT2D eigenvalue weighted by Gasteiger charge is 2.15. The van der Waals surface area contributed by atoms with E-state index in [-0.39, 0.29) is 49.1 Å². The van der Waals surface area contributed by atoms with E-state index in [1.54, 1.807) is 48.6 Å². The van der Waals surface area contributed by atoms with Gasteiger partial charge in [0.05, 0.1) is 12.1 Å². The van der Waals surface area contributed by atoms with Crippen molar-refractivity contribution in [2.45, 2.75) is 39.5 Å². The maximum atomic E-state index is 12.3. The number of carbonyl (C=O) groups excluding carboxylic acids is 4. The molecule has 0 atom stereocenters. The molecule has 28 heavy (non-hydrogen) atoms. The first-order chi connectivity index (χ1) is 13.2. The Bertz CT molecular complexity index is 907. The Labute approximate surface area is 163 Å². The van der Waals surface area contributed by atoms with Crippen LogP contribution >= 0.6 is 0 Å². The minimum atomic E-state index is -0.293. The summed E-state index contributed by atoms with van der Waals surface area (Å²) in [4.78, 5) is 51.6. The zero-order valence-corrected chi connectivity index (χ0v) is 16.7. The van der Waals surface area contributed by atoms with E-state index in [2.05, 4.69) is 10.3 Å². The highest BCUT2D eigenvalue weighted by Crippen LogP contribution is 2.09. The van der Waals surface area contributed by atoms with Gasteiger partial charge in [0.25, 0.3) is 5.91 Å². The van der Waals surface area contributed by atoms with Crippen LogP contribution in [0.1, 0.15) is 59.1 Å². The van der Waals surface area contributed by atoms with Gasteiger partial charge in [-0.2, -0.15) is 0 Å². The van der Waals surface area contributed by atoms with Crippen molar-refractivity contribution in [3.63, 3.8) is 0 Å². The van der Waals surface area contributed by atoms with Crippen LogP contribution in [0.25, 0.3) is 0 Å². The normalized spacial score (nSPS) is 10.7. The predicted octanol–water partition coefficient (Wildman–Crippen LogP) is 1.41. The third-order valence-electron chi connectivity index (χ3n) is 4.31. The number of hydrogen-bond acceptors (Lipinski definition) is 5. The number of ketones is 3. The van der Waals surface area contributed by atoms with Crippen molar-refractivity contribution in [2.24, 2.45) is 14.1 Å². The molecule has 150 valence electrons. The monoisotopic (exact) mass is 386 g/mol. The summed E-state index contributed by atoms with van der Waals surface area (Å²) < 4.78 is 3.29. The molecule has 1 amide bonds. The predicted molar refractivity (Wildman–Crippen MR) is 103 cm³/mol. The van der Waals surface area contributed by atoms with Crippen LogP contribution in [0.5, 0.6) is 0 Å². The third kappa shape index (κ3) is 5.48. The van der Waals surface area contributed by atoms with Gasteiger partial charge in [-0.05, 0) is 18.6 Å². The molecule has 0 saturated heterocycles. The minimum Gasteiger partial charge on any atom is -0.350 e. The zero-order chi connectivity index (χ0) is 20.8. The summed E-state index contributed by atoms with van der Waals surface area (Å²) in [5.74, 6) is -0.0536. The second kappa shape index (κ2) is 9.25. The van der Waals surface area contributed by atoms with Gasteiger partial charge in [0.1, 0.15) is 17.3 Å². The zero-order valence-electron chi connectivity index (χ0n) is 16.7. The van der Waals surface area contributed by atoms with Crippen molar-refractivity contribution in [3.8, 4) is 0 Å². The van der Waals surface area contributed by atoms with Crippen molar-refractivity contribution >= 4 is 23.3 Å². The molecule has 0 aliphatic rings. The fourth-order valence-electron chi connectivity index (χ4n) is 2.97. The van der Waals surface area contributed by atoms with Gasteiger partial charge in [-0.15, -0.1) is 0 Å². The van der Waals surface area contributed by atoms with Crippen LogP contribution in [-0.4, -0.2) is 43.9 Å². The number of aromatic nitrogens is 3. The molecular weight excluding hydrogens is 360 g/mol. The first-order valence-electron chi connectivity index (χ1n) is 9.21. The topological polar surface area (TPSA) is 103 Å². The molecule has 0 radical (unpaired) electrons. The van der Waals surface area contributed by atoms with Crippen molar-refractivity contribution < 1.29 is 19.2 Å². The molecule has 0 unspecified atom stereocenters. The molecule has 2 aromatic heterocycles. The molecule has 2 aromatic rings. The van der Waals surface area contributed by atoms with E-state index in [1.165, 1.54) is 6.92 Å². The van der Waals surface area contributed by atoms with Crippen molar-refractivity contribution in [3.05, 3.63) is 41.2 Å². The summed E-state index contributed by atoms with van der Waals surface area (Å²) in [5, 5.41) is 2.72. The lowest BCUT2D eigenvalue weighted by Gasteiger charge is -2.05. The fraction of sp³-hybridized carbons (Fsp3) is 0.450. The van der Waals surface area contributed by atoms with Gasteiger partial charge in [-0.1, -0.05) is 6.92 Å². The molecule has 2 heterocycles. The molecular formula is C20H26N4O4. The summed E-state index contributed by atoms with van der Waals surface area (Å²) in [6, 6.07) is 1.68. The lowest BCUT2D eigenvalue weighted by atomic mass is 10.1. The molecule has 0 saturated carbocycles. The molecule has 0 aliphatic heterocycles. The third-order valence-corrected chi connectivity index (χ3v) is 4.31. The van der Waals surface area contributed by atoms with Gasteiger partial charge < -0.3 is 14.5 Å². The summed E-state index contributed by atoms with van der Waals surface area (Å²) in [7, 11) is 3.46. The van der Waals surface area contributed by atoms with Gasteiger partial charge in [-0.3, -0.25) is 19.2 Å². The Kier molecular flexibility index (Phi) is 7.03. The molecule has 0 fully saturated rings. The summed E-state index contributed by atoms with van der Waals surface area (Å²) in [6.07, 6.45) is 4.36. The van der Waals surface area contributed by atoms with E-state index in [0.29, 0.717) is 23.6 Å². The number of carbonyl (C=O) groups is 4. The standard InChI is InChI=1S/C20H26N4O4/c1-5-18(27)19-22-15(12-24(19)4)10-16(26)6-7-21-20(28)17-9-14(8-13(2)25)11-23(17)3/h9,11-12H,5-8,10H2,1-4H3,(H,21,28). The number of hydrogen-bond donors (Lipinski definition) is 1. The average molecular weight is 386 g/mol. The number of nitrogens with one attached hydrogen (secondary N) is 1. The lowest BCUT2D eigenvalue weighted by molar-refractivity contribution is -0.118. The molecule has 0 aliphatic carbocycles. The lowest BCUT2D eigenvalue weighted by Crippen LogP contribution is -2.27. The molecule has 0 aromatic carbocycles. The maximum Gasteiger partial charge on any atom is 0.267 e. The molecule has 0 bridgehead atoms. The number of Topliss-reactive ketones (excluding diaryl/α,β-unsaturated/α-hetero) is 3. The second-order valence-electron chi connectivity index (χ2n) is 6.89. The molecule has 8 heteroatoms. The van der Waals surface area contributed by atoms with Crippen LogP contribution in [0.4, 0.5) is 0 Å². The van der Waals surface area contributed by atoms with Crippen LogP contribution < -0.4 is 5.32 Å². The molecule has 2 rings (SSSR count). The van der Waals surface area contributed by atoms with Crippen LogP contribution in [-0.2, 0) is 36.5 Å². The van der Waals surface area contributed by atoms with Crippen molar-refractivity contribution in [1.29, 1.82) is 0 Å².